The van der Waals surface area contributed by atoms with Gasteiger partial charge in [-0.3, -0.25) is 15.0 Å². The van der Waals surface area contributed by atoms with Crippen molar-refractivity contribution in [1.82, 2.24) is 10.2 Å². The maximum Gasteiger partial charge on any atom is 0.324 e. The molecule has 2 heterocycles. The molecule has 1 aromatic rings. The van der Waals surface area contributed by atoms with E-state index in [1.807, 2.05) is 6.07 Å². The second kappa shape index (κ2) is 6.98. The third kappa shape index (κ3) is 3.99. The zero-order valence-electron chi connectivity index (χ0n) is 11.3. The van der Waals surface area contributed by atoms with Crippen molar-refractivity contribution < 1.29 is 4.92 Å². The topological polar surface area (TPSA) is 58.4 Å². The first-order valence-electron chi connectivity index (χ1n) is 6.88. The minimum atomic E-state index is -0.305. The number of nitrogens with one attached hydrogen (secondary N) is 1. The maximum atomic E-state index is 10.7. The first kappa shape index (κ1) is 14.4. The largest absolute Gasteiger partial charge is 0.324 e. The lowest BCUT2D eigenvalue weighted by Gasteiger charge is -2.34. The molecule has 2 rings (SSSR count). The molecule has 0 amide bonds. The van der Waals surface area contributed by atoms with Gasteiger partial charge < -0.3 is 5.32 Å². The van der Waals surface area contributed by atoms with Crippen molar-refractivity contribution in [2.75, 3.05) is 19.6 Å². The van der Waals surface area contributed by atoms with Gasteiger partial charge in [-0.05, 0) is 38.4 Å². The molecule has 5 nitrogen and oxygen atoms in total. The van der Waals surface area contributed by atoms with Crippen molar-refractivity contribution >= 4 is 16.3 Å². The lowest BCUT2D eigenvalue weighted by molar-refractivity contribution is -0.380. The van der Waals surface area contributed by atoms with Crippen LogP contribution in [0.1, 0.15) is 31.1 Å². The Morgan fingerprint density at radius 1 is 1.58 bits per heavy atom. The second-order valence-electron chi connectivity index (χ2n) is 4.97. The normalized spacial score (nSPS) is 19.8. The summed E-state index contributed by atoms with van der Waals surface area (Å²) in [7, 11) is 0. The zero-order chi connectivity index (χ0) is 13.7. The van der Waals surface area contributed by atoms with Gasteiger partial charge in [0.25, 0.3) is 0 Å². The van der Waals surface area contributed by atoms with Crippen LogP contribution in [0, 0.1) is 10.1 Å². The van der Waals surface area contributed by atoms with Crippen molar-refractivity contribution in [1.29, 1.82) is 0 Å². The van der Waals surface area contributed by atoms with Gasteiger partial charge in [0.2, 0.25) is 0 Å². The lowest BCUT2D eigenvalue weighted by atomic mass is 10.1. The number of thiophene rings is 1. The van der Waals surface area contributed by atoms with Gasteiger partial charge in [-0.15, -0.1) is 0 Å². The maximum absolute atomic E-state index is 10.7. The van der Waals surface area contributed by atoms with Gasteiger partial charge in [0.1, 0.15) is 0 Å². The number of hydrogen-bond acceptors (Lipinski definition) is 5. The van der Waals surface area contributed by atoms with E-state index >= 15 is 0 Å². The Morgan fingerprint density at radius 2 is 2.42 bits per heavy atom. The summed E-state index contributed by atoms with van der Waals surface area (Å²) in [6, 6.07) is 4.07. The summed E-state index contributed by atoms with van der Waals surface area (Å²) in [6.07, 6.45) is 3.56. The molecule has 1 aliphatic heterocycles. The highest BCUT2D eigenvalue weighted by Gasteiger charge is 2.21. The third-order valence-electron chi connectivity index (χ3n) is 3.48. The van der Waals surface area contributed by atoms with Crippen LogP contribution in [0.3, 0.4) is 0 Å². The molecule has 1 N–H and O–H groups in total. The molecule has 19 heavy (non-hydrogen) atoms. The quantitative estimate of drug-likeness (QED) is 0.644. The van der Waals surface area contributed by atoms with Crippen molar-refractivity contribution in [3.63, 3.8) is 0 Å². The lowest BCUT2D eigenvalue weighted by Crippen LogP contribution is -2.45. The summed E-state index contributed by atoms with van der Waals surface area (Å²) in [5.74, 6) is 0. The fourth-order valence-electron chi connectivity index (χ4n) is 2.57. The SMILES string of the molecule is CCCN(Cc1ccc([N+](=O)[O-])s1)C1CCCNC1. The molecule has 0 aliphatic carbocycles. The molecule has 1 aromatic heterocycles. The van der Waals surface area contributed by atoms with Gasteiger partial charge >= 0.3 is 5.00 Å². The molecule has 0 spiro atoms. The molecule has 1 fully saturated rings. The molecule has 1 saturated heterocycles. The monoisotopic (exact) mass is 283 g/mol. The highest BCUT2D eigenvalue weighted by atomic mass is 32.1. The summed E-state index contributed by atoms with van der Waals surface area (Å²) in [4.78, 5) is 14.0. The van der Waals surface area contributed by atoms with Gasteiger partial charge in [-0.1, -0.05) is 18.3 Å². The Kier molecular flexibility index (Phi) is 5.30. The van der Waals surface area contributed by atoms with Crippen molar-refractivity contribution in [2.45, 2.75) is 38.8 Å². The summed E-state index contributed by atoms with van der Waals surface area (Å²) in [5.41, 5.74) is 0. The standard InChI is InChI=1S/C13H21N3O2S/c1-2-8-15(11-4-3-7-14-9-11)10-12-5-6-13(19-12)16(17)18/h5-6,11,14H,2-4,7-10H2,1H3. The first-order valence-corrected chi connectivity index (χ1v) is 7.70. The number of piperidine rings is 1. The van der Waals surface area contributed by atoms with Crippen molar-refractivity contribution in [2.24, 2.45) is 0 Å². The Morgan fingerprint density at radius 3 is 3.00 bits per heavy atom. The van der Waals surface area contributed by atoms with Crippen LogP contribution in [-0.4, -0.2) is 35.5 Å². The van der Waals surface area contributed by atoms with Crippen LogP contribution in [0.5, 0.6) is 0 Å². The highest BCUT2D eigenvalue weighted by molar-refractivity contribution is 7.15. The predicted octanol–water partition coefficient (Wildman–Crippen LogP) is 2.62. The van der Waals surface area contributed by atoms with Crippen molar-refractivity contribution in [3.8, 4) is 0 Å². The van der Waals surface area contributed by atoms with Crippen LogP contribution in [0.2, 0.25) is 0 Å². The molecule has 0 aromatic carbocycles. The summed E-state index contributed by atoms with van der Waals surface area (Å²) in [5, 5.41) is 14.4. The Hall–Kier alpha value is -0.980. The molecule has 0 bridgehead atoms. The van der Waals surface area contributed by atoms with Crippen LogP contribution in [-0.2, 0) is 6.54 Å². The van der Waals surface area contributed by atoms with Crippen LogP contribution in [0.25, 0.3) is 0 Å². The van der Waals surface area contributed by atoms with Crippen LogP contribution in [0.4, 0.5) is 5.00 Å². The molecule has 1 atom stereocenters. The van der Waals surface area contributed by atoms with Gasteiger partial charge in [-0.2, -0.15) is 0 Å². The van der Waals surface area contributed by atoms with E-state index in [9.17, 15) is 10.1 Å². The minimum Gasteiger partial charge on any atom is -0.315 e. The summed E-state index contributed by atoms with van der Waals surface area (Å²) < 4.78 is 0. The Labute approximate surface area is 117 Å². The smallest absolute Gasteiger partial charge is 0.315 e. The van der Waals surface area contributed by atoms with E-state index in [1.54, 1.807) is 6.07 Å². The number of rotatable bonds is 6. The average Bonchev–Trinajstić information content (AvgIpc) is 2.88. The summed E-state index contributed by atoms with van der Waals surface area (Å²) >= 11 is 1.30. The van der Waals surface area contributed by atoms with Crippen molar-refractivity contribution in [3.05, 3.63) is 27.1 Å². The molecule has 0 radical (unpaired) electrons. The van der Waals surface area contributed by atoms with E-state index in [1.165, 1.54) is 24.2 Å². The van der Waals surface area contributed by atoms with Gasteiger partial charge in [-0.25, -0.2) is 0 Å². The third-order valence-corrected chi connectivity index (χ3v) is 4.51. The fraction of sp³-hybridized carbons (Fsp3) is 0.692. The number of nitro groups is 1. The molecule has 106 valence electrons. The van der Waals surface area contributed by atoms with Crippen LogP contribution >= 0.6 is 11.3 Å². The Bertz CT molecular complexity index is 416. The van der Waals surface area contributed by atoms with E-state index in [2.05, 4.69) is 17.1 Å². The van der Waals surface area contributed by atoms with E-state index < -0.39 is 0 Å². The van der Waals surface area contributed by atoms with E-state index in [0.717, 1.165) is 37.5 Å². The van der Waals surface area contributed by atoms with Gasteiger partial charge in [0.05, 0.1) is 4.92 Å². The Balaban J connectivity index is 2.00. The molecular formula is C13H21N3O2S. The molecule has 1 unspecified atom stereocenters. The zero-order valence-corrected chi connectivity index (χ0v) is 12.1. The van der Waals surface area contributed by atoms with E-state index in [-0.39, 0.29) is 9.92 Å². The predicted molar refractivity (Wildman–Crippen MR) is 77.6 cm³/mol. The average molecular weight is 283 g/mol. The second-order valence-corrected chi connectivity index (χ2v) is 6.11. The van der Waals surface area contributed by atoms with E-state index in [0.29, 0.717) is 6.04 Å². The number of nitrogens with zero attached hydrogens (tertiary/aromatic N) is 2. The van der Waals surface area contributed by atoms with E-state index in [4.69, 9.17) is 0 Å². The molecular weight excluding hydrogens is 262 g/mol. The number of hydrogen-bond donors (Lipinski definition) is 1. The molecule has 1 aliphatic rings. The molecule has 0 saturated carbocycles. The minimum absolute atomic E-state index is 0.244. The fourth-order valence-corrected chi connectivity index (χ4v) is 3.42. The summed E-state index contributed by atoms with van der Waals surface area (Å²) in [6.45, 7) is 6.21. The first-order chi connectivity index (χ1) is 9.20. The van der Waals surface area contributed by atoms with Gasteiger partial charge in [0, 0.05) is 30.1 Å². The highest BCUT2D eigenvalue weighted by Crippen LogP contribution is 2.26. The van der Waals surface area contributed by atoms with Crippen LogP contribution in [0.15, 0.2) is 12.1 Å². The van der Waals surface area contributed by atoms with Crippen LogP contribution < -0.4 is 5.32 Å². The van der Waals surface area contributed by atoms with Gasteiger partial charge in [0.15, 0.2) is 0 Å². The molecule has 6 heteroatoms.